The highest BCUT2D eigenvalue weighted by molar-refractivity contribution is 5.87. The van der Waals surface area contributed by atoms with Crippen LogP contribution in [0.2, 0.25) is 0 Å². The highest BCUT2D eigenvalue weighted by atomic mass is 19.1. The van der Waals surface area contributed by atoms with Gasteiger partial charge in [0, 0.05) is 6.07 Å². The maximum absolute atomic E-state index is 14.6. The molecule has 3 aromatic carbocycles. The smallest absolute Gasteiger partial charge is 0.335 e. The second-order valence-electron chi connectivity index (χ2n) is 8.26. The summed E-state index contributed by atoms with van der Waals surface area (Å²) < 4.78 is 25.4. The number of fused-ring (bicyclic) bond motifs is 1. The van der Waals surface area contributed by atoms with Gasteiger partial charge in [0.2, 0.25) is 0 Å². The molecule has 1 aliphatic rings. The molecule has 32 heavy (non-hydrogen) atoms. The Kier molecular flexibility index (Phi) is 6.45. The Morgan fingerprint density at radius 3 is 2.28 bits per heavy atom. The van der Waals surface area contributed by atoms with E-state index in [1.165, 1.54) is 5.56 Å². The monoisotopic (exact) mass is 434 g/mol. The van der Waals surface area contributed by atoms with Crippen LogP contribution in [0, 0.1) is 5.82 Å². The van der Waals surface area contributed by atoms with Crippen LogP contribution in [-0.2, 0) is 25.7 Å². The first kappa shape index (κ1) is 21.9. The molecule has 0 spiro atoms. The molecule has 0 bridgehead atoms. The van der Waals surface area contributed by atoms with Crippen LogP contribution in [0.1, 0.15) is 50.5 Å². The Labute approximate surface area is 187 Å². The maximum Gasteiger partial charge on any atom is 0.335 e. The van der Waals surface area contributed by atoms with Crippen LogP contribution in [0.4, 0.5) is 4.39 Å². The molecule has 4 nitrogen and oxygen atoms in total. The molecule has 0 heterocycles. The van der Waals surface area contributed by atoms with Gasteiger partial charge in [0.25, 0.3) is 0 Å². The molecule has 3 aromatic rings. The molecule has 1 N–H and O–H groups in total. The summed E-state index contributed by atoms with van der Waals surface area (Å²) in [6.07, 6.45) is 4.01. The molecule has 1 aliphatic carbocycles. The minimum atomic E-state index is -0.926. The quantitative estimate of drug-likeness (QED) is 0.502. The van der Waals surface area contributed by atoms with Crippen LogP contribution in [0.3, 0.4) is 0 Å². The summed E-state index contributed by atoms with van der Waals surface area (Å²) in [4.78, 5) is 11.1. The lowest BCUT2D eigenvalue weighted by Gasteiger charge is -2.18. The van der Waals surface area contributed by atoms with Crippen molar-refractivity contribution in [3.05, 3.63) is 93.8 Å². The van der Waals surface area contributed by atoms with Crippen LogP contribution >= 0.6 is 0 Å². The van der Waals surface area contributed by atoms with E-state index in [-0.39, 0.29) is 17.3 Å². The molecule has 0 fully saturated rings. The Morgan fingerprint density at radius 1 is 0.969 bits per heavy atom. The SMILES string of the molecule is COc1cc(CC2CCc3c(F)ccc(CCc4ccc(C(=O)O)cc4)c32)cc(OC)c1. The number of methoxy groups -OCH3 is 2. The van der Waals surface area contributed by atoms with Crippen molar-refractivity contribution in [1.82, 2.24) is 0 Å². The van der Waals surface area contributed by atoms with E-state index in [0.717, 1.165) is 65.9 Å². The van der Waals surface area contributed by atoms with E-state index >= 15 is 0 Å². The summed E-state index contributed by atoms with van der Waals surface area (Å²) in [7, 11) is 3.28. The van der Waals surface area contributed by atoms with Gasteiger partial charge in [0.1, 0.15) is 17.3 Å². The number of rotatable bonds is 8. The zero-order valence-electron chi connectivity index (χ0n) is 18.4. The zero-order chi connectivity index (χ0) is 22.7. The van der Waals surface area contributed by atoms with Gasteiger partial charge in [-0.1, -0.05) is 18.2 Å². The van der Waals surface area contributed by atoms with Gasteiger partial charge >= 0.3 is 5.97 Å². The van der Waals surface area contributed by atoms with Crippen LogP contribution in [0.5, 0.6) is 11.5 Å². The second-order valence-corrected chi connectivity index (χ2v) is 8.26. The average Bonchev–Trinajstić information content (AvgIpc) is 3.23. The van der Waals surface area contributed by atoms with Crippen molar-refractivity contribution in [2.24, 2.45) is 0 Å². The third kappa shape index (κ3) is 4.62. The molecule has 166 valence electrons. The predicted octanol–water partition coefficient (Wildman–Crippen LogP) is 5.60. The first-order valence-electron chi connectivity index (χ1n) is 10.8. The molecule has 0 radical (unpaired) electrons. The first-order chi connectivity index (χ1) is 15.5. The van der Waals surface area contributed by atoms with E-state index < -0.39 is 5.97 Å². The van der Waals surface area contributed by atoms with Crippen LogP contribution in [0.15, 0.2) is 54.6 Å². The van der Waals surface area contributed by atoms with Gasteiger partial charge in [-0.2, -0.15) is 0 Å². The number of aromatic carboxylic acids is 1. The third-order valence-electron chi connectivity index (χ3n) is 6.32. The molecule has 1 unspecified atom stereocenters. The summed E-state index contributed by atoms with van der Waals surface area (Å²) in [6.45, 7) is 0. The van der Waals surface area contributed by atoms with Crippen LogP contribution in [0.25, 0.3) is 0 Å². The lowest BCUT2D eigenvalue weighted by molar-refractivity contribution is 0.0697. The van der Waals surface area contributed by atoms with E-state index in [0.29, 0.717) is 0 Å². The topological polar surface area (TPSA) is 55.8 Å². The Morgan fingerprint density at radius 2 is 1.66 bits per heavy atom. The first-order valence-corrected chi connectivity index (χ1v) is 10.8. The molecule has 0 saturated carbocycles. The largest absolute Gasteiger partial charge is 0.497 e. The van der Waals surface area contributed by atoms with Crippen molar-refractivity contribution in [2.75, 3.05) is 14.2 Å². The average molecular weight is 435 g/mol. The van der Waals surface area contributed by atoms with Gasteiger partial charge in [-0.3, -0.25) is 0 Å². The van der Waals surface area contributed by atoms with Gasteiger partial charge in [0.15, 0.2) is 0 Å². The van der Waals surface area contributed by atoms with Crippen molar-refractivity contribution in [2.45, 2.75) is 38.0 Å². The Bertz CT molecular complexity index is 1100. The van der Waals surface area contributed by atoms with Crippen molar-refractivity contribution in [1.29, 1.82) is 0 Å². The summed E-state index contributed by atoms with van der Waals surface area (Å²) >= 11 is 0. The number of carbonyl (C=O) groups is 1. The van der Waals surface area contributed by atoms with Crippen LogP contribution in [-0.4, -0.2) is 25.3 Å². The summed E-state index contributed by atoms with van der Waals surface area (Å²) in [6, 6.07) is 16.3. The highest BCUT2D eigenvalue weighted by Gasteiger charge is 2.28. The number of carboxylic acid groups (broad SMARTS) is 1. The van der Waals surface area contributed by atoms with Crippen molar-refractivity contribution in [3.8, 4) is 11.5 Å². The molecule has 0 aromatic heterocycles. The highest BCUT2D eigenvalue weighted by Crippen LogP contribution is 2.40. The molecule has 0 saturated heterocycles. The molecular weight excluding hydrogens is 407 g/mol. The maximum atomic E-state index is 14.6. The number of aryl methyl sites for hydroxylation is 2. The van der Waals surface area contributed by atoms with E-state index in [1.807, 2.05) is 36.4 Å². The minimum absolute atomic E-state index is 0.125. The summed E-state index contributed by atoms with van der Waals surface area (Å²) in [5.74, 6) is 0.691. The summed E-state index contributed by atoms with van der Waals surface area (Å²) in [5.41, 5.74) is 5.60. The minimum Gasteiger partial charge on any atom is -0.497 e. The zero-order valence-corrected chi connectivity index (χ0v) is 18.4. The van der Waals surface area contributed by atoms with Crippen molar-refractivity contribution >= 4 is 5.97 Å². The van der Waals surface area contributed by atoms with Gasteiger partial charge in [-0.25, -0.2) is 9.18 Å². The molecular formula is C27H27FO4. The Balaban J connectivity index is 1.57. The number of hydrogen-bond donors (Lipinski definition) is 1. The van der Waals surface area contributed by atoms with Gasteiger partial charge in [-0.15, -0.1) is 0 Å². The van der Waals surface area contributed by atoms with Crippen molar-refractivity contribution in [3.63, 3.8) is 0 Å². The van der Waals surface area contributed by atoms with E-state index in [9.17, 15) is 9.18 Å². The molecule has 1 atom stereocenters. The van der Waals surface area contributed by atoms with Crippen LogP contribution < -0.4 is 9.47 Å². The number of ether oxygens (including phenoxy) is 2. The van der Waals surface area contributed by atoms with Crippen molar-refractivity contribution < 1.29 is 23.8 Å². The Hall–Kier alpha value is -3.34. The van der Waals surface area contributed by atoms with Gasteiger partial charge in [0.05, 0.1) is 19.8 Å². The normalized spacial score (nSPS) is 14.8. The van der Waals surface area contributed by atoms with E-state index in [4.69, 9.17) is 14.6 Å². The van der Waals surface area contributed by atoms with E-state index in [2.05, 4.69) is 0 Å². The predicted molar refractivity (Wildman–Crippen MR) is 122 cm³/mol. The fourth-order valence-electron chi connectivity index (χ4n) is 4.70. The lowest BCUT2D eigenvalue weighted by Crippen LogP contribution is -2.06. The molecule has 4 rings (SSSR count). The van der Waals surface area contributed by atoms with E-state index in [1.54, 1.807) is 32.4 Å². The third-order valence-corrected chi connectivity index (χ3v) is 6.32. The number of halogens is 1. The fourth-order valence-corrected chi connectivity index (χ4v) is 4.70. The standard InChI is InChI=1S/C27H27FO4/c1-31-22-14-18(15-23(16-22)32-2)13-21-9-11-24-25(28)12-10-19(26(21)24)6-3-17-4-7-20(8-5-17)27(29)30/h4-5,7-8,10,12,14-16,21H,3,6,9,11,13H2,1-2H3,(H,29,30). The molecule has 0 amide bonds. The summed E-state index contributed by atoms with van der Waals surface area (Å²) in [5, 5.41) is 9.08. The molecule has 0 aliphatic heterocycles. The fraction of sp³-hybridized carbons (Fsp3) is 0.296. The number of hydrogen-bond acceptors (Lipinski definition) is 3. The molecule has 5 heteroatoms. The van der Waals surface area contributed by atoms with Gasteiger partial charge in [-0.05, 0) is 96.2 Å². The number of benzene rings is 3. The van der Waals surface area contributed by atoms with Gasteiger partial charge < -0.3 is 14.6 Å². The second kappa shape index (κ2) is 9.43. The number of carboxylic acids is 1. The lowest BCUT2D eigenvalue weighted by atomic mass is 9.88.